The molecule has 0 saturated heterocycles. The fourth-order valence-electron chi connectivity index (χ4n) is 3.16. The summed E-state index contributed by atoms with van der Waals surface area (Å²) in [5.41, 5.74) is 4.57. The number of halogens is 1. The SMILES string of the molecule is CN(C(=O)OCC1c2ccccc2-c2ccccc21)[C@@H](CI)C(=O)O. The van der Waals surface area contributed by atoms with Gasteiger partial charge >= 0.3 is 12.1 Å². The second-order valence-corrected chi connectivity index (χ2v) is 6.80. The summed E-state index contributed by atoms with van der Waals surface area (Å²) in [6.07, 6.45) is -0.620. The van der Waals surface area contributed by atoms with E-state index in [4.69, 9.17) is 4.74 Å². The molecule has 2 aromatic carbocycles. The van der Waals surface area contributed by atoms with Crippen molar-refractivity contribution in [2.45, 2.75) is 12.0 Å². The summed E-state index contributed by atoms with van der Waals surface area (Å²) >= 11 is 1.95. The molecule has 0 unspecified atom stereocenters. The lowest BCUT2D eigenvalue weighted by Gasteiger charge is -2.23. The third-order valence-electron chi connectivity index (χ3n) is 4.52. The van der Waals surface area contributed by atoms with Gasteiger partial charge in [-0.05, 0) is 22.3 Å². The molecule has 6 heteroatoms. The fraction of sp³-hybridized carbons (Fsp3) is 0.263. The number of hydrogen-bond donors (Lipinski definition) is 1. The molecular formula is C19H18INO4. The average Bonchev–Trinajstić information content (AvgIpc) is 2.94. The molecule has 5 nitrogen and oxygen atoms in total. The van der Waals surface area contributed by atoms with Crippen LogP contribution in [0.1, 0.15) is 17.0 Å². The van der Waals surface area contributed by atoms with Crippen LogP contribution in [0, 0.1) is 0 Å². The summed E-state index contributed by atoms with van der Waals surface area (Å²) in [6, 6.07) is 15.3. The van der Waals surface area contributed by atoms with Crippen molar-refractivity contribution in [1.29, 1.82) is 0 Å². The number of ether oxygens (including phenoxy) is 1. The number of benzene rings is 2. The van der Waals surface area contributed by atoms with Gasteiger partial charge in [0.2, 0.25) is 0 Å². The number of fused-ring (bicyclic) bond motifs is 3. The number of rotatable bonds is 5. The summed E-state index contributed by atoms with van der Waals surface area (Å²) in [7, 11) is 1.45. The normalized spacial score (nSPS) is 13.7. The molecule has 0 radical (unpaired) electrons. The maximum absolute atomic E-state index is 12.3. The van der Waals surface area contributed by atoms with Gasteiger partial charge in [0.15, 0.2) is 0 Å². The number of likely N-dealkylation sites (N-methyl/N-ethyl adjacent to an activating group) is 1. The Kier molecular flexibility index (Phi) is 5.27. The van der Waals surface area contributed by atoms with Gasteiger partial charge in [0.05, 0.1) is 0 Å². The van der Waals surface area contributed by atoms with E-state index in [-0.39, 0.29) is 12.5 Å². The van der Waals surface area contributed by atoms with Crippen LogP contribution in [0.2, 0.25) is 0 Å². The van der Waals surface area contributed by atoms with Crippen molar-refractivity contribution in [1.82, 2.24) is 4.90 Å². The zero-order valence-electron chi connectivity index (χ0n) is 13.7. The fourth-order valence-corrected chi connectivity index (χ4v) is 4.13. The highest BCUT2D eigenvalue weighted by atomic mass is 127. The number of carboxylic acids is 1. The monoisotopic (exact) mass is 451 g/mol. The molecule has 0 bridgehead atoms. The molecule has 1 N–H and O–H groups in total. The van der Waals surface area contributed by atoms with E-state index in [9.17, 15) is 14.7 Å². The standard InChI is InChI=1S/C19H18INO4/c1-21(17(10-20)18(22)23)19(24)25-11-16-14-8-4-2-6-12(14)13-7-3-5-9-15(13)16/h2-9,16-17H,10-11H2,1H3,(H,22,23)/t17-/m0/s1. The minimum Gasteiger partial charge on any atom is -0.480 e. The van der Waals surface area contributed by atoms with Gasteiger partial charge in [-0.1, -0.05) is 71.1 Å². The van der Waals surface area contributed by atoms with E-state index in [1.165, 1.54) is 7.05 Å². The van der Waals surface area contributed by atoms with Crippen LogP contribution in [-0.2, 0) is 9.53 Å². The van der Waals surface area contributed by atoms with E-state index in [0.29, 0.717) is 4.43 Å². The third-order valence-corrected chi connectivity index (χ3v) is 5.36. The molecule has 0 heterocycles. The summed E-state index contributed by atoms with van der Waals surface area (Å²) in [5.74, 6) is -1.07. The molecule has 0 aliphatic heterocycles. The van der Waals surface area contributed by atoms with Gasteiger partial charge in [0.25, 0.3) is 0 Å². The van der Waals surface area contributed by atoms with Gasteiger partial charge in [0, 0.05) is 17.4 Å². The molecular weight excluding hydrogens is 433 g/mol. The second kappa shape index (κ2) is 7.43. The first-order chi connectivity index (χ1) is 12.0. The molecule has 0 spiro atoms. The number of carbonyl (C=O) groups is 2. The molecule has 1 aliphatic rings. The van der Waals surface area contributed by atoms with Crippen molar-refractivity contribution in [3.63, 3.8) is 0 Å². The van der Waals surface area contributed by atoms with E-state index in [1.807, 2.05) is 59.0 Å². The summed E-state index contributed by atoms with van der Waals surface area (Å²) < 4.78 is 5.75. The van der Waals surface area contributed by atoms with Gasteiger partial charge in [-0.2, -0.15) is 0 Å². The van der Waals surface area contributed by atoms with Crippen molar-refractivity contribution < 1.29 is 19.4 Å². The van der Waals surface area contributed by atoms with Crippen molar-refractivity contribution >= 4 is 34.7 Å². The van der Waals surface area contributed by atoms with E-state index in [1.54, 1.807) is 0 Å². The Bertz CT molecular complexity index is 762. The molecule has 1 aliphatic carbocycles. The highest BCUT2D eigenvalue weighted by Crippen LogP contribution is 2.44. The van der Waals surface area contributed by atoms with E-state index < -0.39 is 18.1 Å². The number of alkyl halides is 1. The van der Waals surface area contributed by atoms with Gasteiger partial charge < -0.3 is 9.84 Å². The molecule has 0 aromatic heterocycles. The Hall–Kier alpha value is -2.09. The number of amides is 1. The lowest BCUT2D eigenvalue weighted by molar-refractivity contribution is -0.141. The van der Waals surface area contributed by atoms with Crippen molar-refractivity contribution in [2.75, 3.05) is 18.1 Å². The third kappa shape index (κ3) is 3.35. The van der Waals surface area contributed by atoms with Crippen LogP contribution in [0.5, 0.6) is 0 Å². The summed E-state index contributed by atoms with van der Waals surface area (Å²) in [6.45, 7) is 0.185. The number of aliphatic carboxylic acids is 1. The summed E-state index contributed by atoms with van der Waals surface area (Å²) in [4.78, 5) is 24.6. The molecule has 25 heavy (non-hydrogen) atoms. The maximum Gasteiger partial charge on any atom is 0.410 e. The Balaban J connectivity index is 1.78. The summed E-state index contributed by atoms with van der Waals surface area (Å²) in [5, 5.41) is 9.18. The van der Waals surface area contributed by atoms with Gasteiger partial charge in [-0.3, -0.25) is 4.90 Å². The molecule has 0 saturated carbocycles. The predicted molar refractivity (Wildman–Crippen MR) is 103 cm³/mol. The van der Waals surface area contributed by atoms with Crippen LogP contribution < -0.4 is 0 Å². The lowest BCUT2D eigenvalue weighted by Crippen LogP contribution is -2.44. The first-order valence-electron chi connectivity index (χ1n) is 7.91. The quantitative estimate of drug-likeness (QED) is 0.556. The largest absolute Gasteiger partial charge is 0.480 e. The molecule has 130 valence electrons. The first-order valence-corrected chi connectivity index (χ1v) is 9.43. The number of hydrogen-bond acceptors (Lipinski definition) is 3. The number of carboxylic acid groups (broad SMARTS) is 1. The zero-order valence-corrected chi connectivity index (χ0v) is 15.8. The minimum absolute atomic E-state index is 0.0346. The van der Waals surface area contributed by atoms with Crippen LogP contribution in [-0.4, -0.2) is 46.2 Å². The smallest absolute Gasteiger partial charge is 0.410 e. The predicted octanol–water partition coefficient (Wildman–Crippen LogP) is 3.76. The molecule has 3 rings (SSSR count). The topological polar surface area (TPSA) is 66.8 Å². The van der Waals surface area contributed by atoms with Crippen LogP contribution in [0.4, 0.5) is 4.79 Å². The average molecular weight is 451 g/mol. The first kappa shape index (κ1) is 17.7. The molecule has 1 atom stereocenters. The van der Waals surface area contributed by atoms with Crippen LogP contribution in [0.3, 0.4) is 0 Å². The van der Waals surface area contributed by atoms with E-state index >= 15 is 0 Å². The highest BCUT2D eigenvalue weighted by Gasteiger charge is 2.31. The zero-order chi connectivity index (χ0) is 18.0. The van der Waals surface area contributed by atoms with Gasteiger partial charge in [-0.15, -0.1) is 0 Å². The molecule has 1 amide bonds. The lowest BCUT2D eigenvalue weighted by atomic mass is 9.98. The van der Waals surface area contributed by atoms with Crippen molar-refractivity contribution in [3.8, 4) is 11.1 Å². The maximum atomic E-state index is 12.3. The minimum atomic E-state index is -1.04. The van der Waals surface area contributed by atoms with Crippen molar-refractivity contribution in [2.24, 2.45) is 0 Å². The van der Waals surface area contributed by atoms with Crippen LogP contribution in [0.15, 0.2) is 48.5 Å². The number of nitrogens with zero attached hydrogens (tertiary/aromatic N) is 1. The van der Waals surface area contributed by atoms with Crippen LogP contribution in [0.25, 0.3) is 11.1 Å². The Morgan fingerprint density at radius 1 is 1.12 bits per heavy atom. The number of carbonyl (C=O) groups excluding carboxylic acids is 1. The Morgan fingerprint density at radius 3 is 2.12 bits per heavy atom. The van der Waals surface area contributed by atoms with Gasteiger partial charge in [-0.25, -0.2) is 9.59 Å². The highest BCUT2D eigenvalue weighted by molar-refractivity contribution is 14.1. The second-order valence-electron chi connectivity index (χ2n) is 5.92. The van der Waals surface area contributed by atoms with Crippen LogP contribution >= 0.6 is 22.6 Å². The Morgan fingerprint density at radius 2 is 1.64 bits per heavy atom. The Labute approximate surface area is 159 Å². The molecule has 2 aromatic rings. The van der Waals surface area contributed by atoms with E-state index in [0.717, 1.165) is 27.2 Å². The van der Waals surface area contributed by atoms with Gasteiger partial charge in [0.1, 0.15) is 12.6 Å². The van der Waals surface area contributed by atoms with E-state index in [2.05, 4.69) is 12.1 Å². The van der Waals surface area contributed by atoms with Crippen molar-refractivity contribution in [3.05, 3.63) is 59.7 Å². The molecule has 0 fully saturated rings.